The third kappa shape index (κ3) is 21.0. The zero-order valence-electron chi connectivity index (χ0n) is 20.5. The first-order valence-electron chi connectivity index (χ1n) is 12.1. The number of hydrogen-bond acceptors (Lipinski definition) is 5. The average Bonchev–Trinajstić information content (AvgIpc) is 2.70. The Hall–Kier alpha value is -0.216. The molecule has 0 aliphatic carbocycles. The zero-order valence-corrected chi connectivity index (χ0v) is 22.5. The van der Waals surface area contributed by atoms with Crippen molar-refractivity contribution in [3.05, 3.63) is 0 Å². The van der Waals surface area contributed by atoms with E-state index >= 15 is 0 Å². The van der Waals surface area contributed by atoms with Crippen molar-refractivity contribution >= 4 is 22.8 Å². The molecule has 2 N–H and O–H groups in total. The van der Waals surface area contributed by atoms with E-state index in [-0.39, 0.29) is 13.2 Å². The molecule has 2 unspecified atom stereocenters. The summed E-state index contributed by atoms with van der Waals surface area (Å²) in [5.74, 6) is 2.54. The van der Waals surface area contributed by atoms with Crippen molar-refractivity contribution < 1.29 is 23.8 Å². The molecule has 0 amide bonds. The summed E-state index contributed by atoms with van der Waals surface area (Å²) < 4.78 is 17.7. The van der Waals surface area contributed by atoms with Gasteiger partial charge >= 0.3 is 0 Å². The zero-order chi connectivity index (χ0) is 22.7. The molecule has 180 valence electrons. The highest BCUT2D eigenvalue weighted by molar-refractivity contribution is 6.73. The van der Waals surface area contributed by atoms with Gasteiger partial charge in [-0.05, 0) is 50.9 Å². The highest BCUT2D eigenvalue weighted by Crippen LogP contribution is 2.12. The summed E-state index contributed by atoms with van der Waals surface area (Å²) in [7, 11) is -2.58. The van der Waals surface area contributed by atoms with E-state index in [9.17, 15) is 5.11 Å². The molecule has 0 aromatic rings. The Balaban J connectivity index is 4.11. The molecule has 0 spiro atoms. The molecule has 5 nitrogen and oxygen atoms in total. The Kier molecular flexibility index (Phi) is 19.3. The molecule has 0 aliphatic rings. The summed E-state index contributed by atoms with van der Waals surface area (Å²) in [6.07, 6.45) is 11.9. The predicted molar refractivity (Wildman–Crippen MR) is 132 cm³/mol. The second kappa shape index (κ2) is 19.5. The van der Waals surface area contributed by atoms with Crippen LogP contribution >= 0.6 is 0 Å². The molecular weight excluding hydrogens is 412 g/mol. The van der Waals surface area contributed by atoms with Crippen LogP contribution in [0.3, 0.4) is 0 Å². The van der Waals surface area contributed by atoms with Crippen LogP contribution in [0.4, 0.5) is 0 Å². The third-order valence-electron chi connectivity index (χ3n) is 4.88. The fourth-order valence-corrected chi connectivity index (χ4v) is 6.35. The van der Waals surface area contributed by atoms with Crippen molar-refractivity contribution in [3.8, 4) is 0 Å². The predicted octanol–water partition coefficient (Wildman–Crippen LogP) is 5.11. The third-order valence-corrected chi connectivity index (χ3v) is 7.71. The van der Waals surface area contributed by atoms with Crippen molar-refractivity contribution in [1.82, 2.24) is 0 Å². The number of aliphatic hydroxyl groups is 2. The van der Waals surface area contributed by atoms with E-state index in [1.807, 2.05) is 0 Å². The quantitative estimate of drug-likeness (QED) is 0.183. The smallest absolute Gasteiger partial charge is 0.267 e. The first-order valence-corrected chi connectivity index (χ1v) is 17.2. The van der Waals surface area contributed by atoms with Crippen molar-refractivity contribution in [2.75, 3.05) is 26.4 Å². The van der Waals surface area contributed by atoms with E-state index in [4.69, 9.17) is 18.7 Å². The minimum Gasteiger partial charge on any atom is -0.550 e. The summed E-state index contributed by atoms with van der Waals surface area (Å²) in [5.41, 5.74) is 0. The molecule has 30 heavy (non-hydrogen) atoms. The lowest BCUT2D eigenvalue weighted by molar-refractivity contribution is 0.00444. The highest BCUT2D eigenvalue weighted by Gasteiger charge is 2.15. The summed E-state index contributed by atoms with van der Waals surface area (Å²) in [4.78, 5) is 0. The fraction of sp³-hybridized carbons (Fsp3) is 0.957. The number of ether oxygens (including phenoxy) is 1. The molecule has 0 aromatic carbocycles. The van der Waals surface area contributed by atoms with Crippen molar-refractivity contribution in [1.29, 1.82) is 0 Å². The lowest BCUT2D eigenvalue weighted by Crippen LogP contribution is -2.28. The molecule has 0 saturated heterocycles. The van der Waals surface area contributed by atoms with Gasteiger partial charge in [0.25, 0.3) is 8.65 Å². The number of unbranched alkanes of at least 4 members (excludes halogenated alkanes) is 7. The van der Waals surface area contributed by atoms with Gasteiger partial charge in [-0.1, -0.05) is 58.8 Å². The Morgan fingerprint density at radius 2 is 1.57 bits per heavy atom. The van der Waals surface area contributed by atoms with Crippen molar-refractivity contribution in [3.63, 3.8) is 0 Å². The Morgan fingerprint density at radius 1 is 0.933 bits per heavy atom. The van der Waals surface area contributed by atoms with Crippen LogP contribution in [-0.4, -0.2) is 65.6 Å². The first kappa shape index (κ1) is 29.8. The molecule has 0 aliphatic heterocycles. The standard InChI is InChI=1S/C23H50O5Si2/c1-6-7-8-9-10-11-12-13-17-29(21-28-30(3,4)5)27-19-22(2)15-14-16-26-20-23(25)18-24/h21-25H,6-20H2,1-5H3/b29-21-. The molecule has 2 atom stereocenters. The van der Waals surface area contributed by atoms with Crippen LogP contribution in [-0.2, 0) is 13.6 Å². The molecule has 0 heterocycles. The summed E-state index contributed by atoms with van der Waals surface area (Å²) in [5, 5.41) is 18.0. The minimum atomic E-state index is -1.56. The number of rotatable bonds is 21. The summed E-state index contributed by atoms with van der Waals surface area (Å²) >= 11 is 0. The average molecular weight is 463 g/mol. The molecule has 0 fully saturated rings. The van der Waals surface area contributed by atoms with Gasteiger partial charge in [0.05, 0.1) is 25.7 Å². The Morgan fingerprint density at radius 3 is 2.17 bits per heavy atom. The van der Waals surface area contributed by atoms with Crippen LogP contribution in [0.15, 0.2) is 0 Å². The minimum absolute atomic E-state index is 0.204. The van der Waals surface area contributed by atoms with Crippen molar-refractivity contribution in [2.45, 2.75) is 110 Å². The van der Waals surface area contributed by atoms with Gasteiger partial charge in [0, 0.05) is 6.61 Å². The molecular formula is C23H50O5Si2. The molecule has 0 radical (unpaired) electrons. The van der Waals surface area contributed by atoms with E-state index in [2.05, 4.69) is 39.3 Å². The van der Waals surface area contributed by atoms with Crippen LogP contribution in [0, 0.1) is 5.92 Å². The molecule has 0 saturated carbocycles. The van der Waals surface area contributed by atoms with E-state index < -0.39 is 23.1 Å². The normalized spacial score (nSPS) is 14.6. The SMILES string of the molecule is CCCCCCCCCC/[Si](=C/O[Si](C)(C)C)OCC(C)CCCOCC(O)CO. The lowest BCUT2D eigenvalue weighted by Gasteiger charge is -2.19. The topological polar surface area (TPSA) is 68.2 Å². The van der Waals surface area contributed by atoms with Gasteiger partial charge in [-0.15, -0.1) is 0 Å². The highest BCUT2D eigenvalue weighted by atomic mass is 28.4. The number of hydrogen-bond donors (Lipinski definition) is 2. The second-order valence-corrected chi connectivity index (χ2v) is 15.9. The summed E-state index contributed by atoms with van der Waals surface area (Å²) in [6, 6.07) is 1.14. The molecule has 7 heteroatoms. The lowest BCUT2D eigenvalue weighted by atomic mass is 10.1. The van der Waals surface area contributed by atoms with Crippen molar-refractivity contribution in [2.24, 2.45) is 5.92 Å². The maximum atomic E-state index is 9.27. The summed E-state index contributed by atoms with van der Waals surface area (Å²) in [6.45, 7) is 12.5. The fourth-order valence-electron chi connectivity index (χ4n) is 2.98. The van der Waals surface area contributed by atoms with Crippen LogP contribution in [0.25, 0.3) is 0 Å². The monoisotopic (exact) mass is 462 g/mol. The van der Waals surface area contributed by atoms with E-state index in [0.29, 0.717) is 12.5 Å². The van der Waals surface area contributed by atoms with Gasteiger partial charge < -0.3 is 23.8 Å². The molecule has 0 aromatic heterocycles. The van der Waals surface area contributed by atoms with Crippen LogP contribution in [0.2, 0.25) is 25.7 Å². The van der Waals surface area contributed by atoms with Crippen LogP contribution in [0.5, 0.6) is 0 Å². The van der Waals surface area contributed by atoms with Gasteiger partial charge in [0.1, 0.15) is 6.10 Å². The van der Waals surface area contributed by atoms with E-state index in [1.165, 1.54) is 51.4 Å². The van der Waals surface area contributed by atoms with Crippen LogP contribution < -0.4 is 0 Å². The first-order chi connectivity index (χ1) is 14.3. The Labute approximate surface area is 189 Å². The van der Waals surface area contributed by atoms with Gasteiger partial charge in [0.2, 0.25) is 8.32 Å². The second-order valence-electron chi connectivity index (χ2n) is 9.51. The molecule has 0 bridgehead atoms. The molecule has 0 rings (SSSR count). The van der Waals surface area contributed by atoms with Gasteiger partial charge in [-0.2, -0.15) is 0 Å². The van der Waals surface area contributed by atoms with E-state index in [1.54, 1.807) is 0 Å². The van der Waals surface area contributed by atoms with Gasteiger partial charge in [-0.25, -0.2) is 0 Å². The number of aliphatic hydroxyl groups excluding tert-OH is 2. The van der Waals surface area contributed by atoms with Crippen LogP contribution in [0.1, 0.15) is 78.1 Å². The van der Waals surface area contributed by atoms with Gasteiger partial charge in [0.15, 0.2) is 0 Å². The maximum absolute atomic E-state index is 9.27. The largest absolute Gasteiger partial charge is 0.550 e. The van der Waals surface area contributed by atoms with E-state index in [0.717, 1.165) is 25.5 Å². The Bertz CT molecular complexity index is 413. The maximum Gasteiger partial charge on any atom is 0.267 e. The van der Waals surface area contributed by atoms with Gasteiger partial charge in [-0.3, -0.25) is 0 Å².